The van der Waals surface area contributed by atoms with Crippen molar-refractivity contribution in [2.75, 3.05) is 10.6 Å². The summed E-state index contributed by atoms with van der Waals surface area (Å²) >= 11 is 6.91. The Bertz CT molecular complexity index is 1830. The summed E-state index contributed by atoms with van der Waals surface area (Å²) in [7, 11) is 0. The van der Waals surface area contributed by atoms with E-state index < -0.39 is 0 Å². The Morgan fingerprint density at radius 1 is 0.587 bits per heavy atom. The van der Waals surface area contributed by atoms with E-state index in [1.54, 1.807) is 46.3 Å². The number of benzene rings is 2. The smallest absolute Gasteiger partial charge is 0.273 e. The second-order valence-electron chi connectivity index (χ2n) is 10.4. The summed E-state index contributed by atoms with van der Waals surface area (Å²) in [6, 6.07) is 25.9. The van der Waals surface area contributed by atoms with E-state index in [1.807, 2.05) is 72.8 Å². The number of halogens is 2. The second-order valence-corrected chi connectivity index (χ2v) is 12.2. The summed E-state index contributed by atoms with van der Waals surface area (Å²) in [6.45, 7) is 0.981. The van der Waals surface area contributed by atoms with Gasteiger partial charge >= 0.3 is 0 Å². The van der Waals surface area contributed by atoms with Crippen molar-refractivity contribution >= 4 is 55.0 Å². The molecule has 0 unspecified atom stereocenters. The molecule has 2 amide bonds. The van der Waals surface area contributed by atoms with Crippen LogP contribution in [0.5, 0.6) is 0 Å². The van der Waals surface area contributed by atoms with Gasteiger partial charge in [0.15, 0.2) is 0 Å². The van der Waals surface area contributed by atoms with Gasteiger partial charge in [-0.2, -0.15) is 10.2 Å². The molecule has 0 saturated heterocycles. The molecule has 0 radical (unpaired) electrons. The number of nitrogens with one attached hydrogen (secondary N) is 2. The number of anilines is 2. The fraction of sp³-hybridized carbons (Fsp3) is 0.118. The van der Waals surface area contributed by atoms with Crippen molar-refractivity contribution in [3.8, 4) is 22.5 Å². The molecule has 10 nitrogen and oxygen atoms in total. The van der Waals surface area contributed by atoms with Crippen LogP contribution < -0.4 is 10.6 Å². The van der Waals surface area contributed by atoms with Crippen molar-refractivity contribution in [3.05, 3.63) is 130 Å². The highest BCUT2D eigenvalue weighted by Crippen LogP contribution is 2.23. The van der Waals surface area contributed by atoms with Crippen LogP contribution in [0, 0.1) is 0 Å². The van der Waals surface area contributed by atoms with Gasteiger partial charge in [0.1, 0.15) is 11.4 Å². The van der Waals surface area contributed by atoms with Gasteiger partial charge in [-0.3, -0.25) is 28.9 Å². The first-order valence-corrected chi connectivity index (χ1v) is 16.1. The van der Waals surface area contributed by atoms with Gasteiger partial charge in [0.05, 0.1) is 11.4 Å². The molecule has 46 heavy (non-hydrogen) atoms. The second kappa shape index (κ2) is 14.4. The van der Waals surface area contributed by atoms with E-state index in [1.165, 1.54) is 0 Å². The van der Waals surface area contributed by atoms with E-state index in [4.69, 9.17) is 10.2 Å². The van der Waals surface area contributed by atoms with Gasteiger partial charge in [-0.15, -0.1) is 0 Å². The fourth-order valence-corrected chi connectivity index (χ4v) is 5.71. The largest absolute Gasteiger partial charge is 0.321 e. The Morgan fingerprint density at radius 3 is 1.39 bits per heavy atom. The highest BCUT2D eigenvalue weighted by atomic mass is 79.9. The molecule has 4 heterocycles. The number of pyridine rings is 2. The van der Waals surface area contributed by atoms with Crippen LogP contribution in [0.3, 0.4) is 0 Å². The minimum absolute atomic E-state index is 0.258. The Balaban J connectivity index is 1.20. The predicted molar refractivity (Wildman–Crippen MR) is 184 cm³/mol. The third kappa shape index (κ3) is 7.64. The molecule has 0 aliphatic rings. The zero-order chi connectivity index (χ0) is 31.9. The van der Waals surface area contributed by atoms with E-state index in [-0.39, 0.29) is 11.8 Å². The van der Waals surface area contributed by atoms with Gasteiger partial charge < -0.3 is 10.6 Å². The third-order valence-corrected chi connectivity index (χ3v) is 8.12. The van der Waals surface area contributed by atoms with Gasteiger partial charge in [0.2, 0.25) is 0 Å². The Morgan fingerprint density at radius 2 is 1.00 bits per heavy atom. The quantitative estimate of drug-likeness (QED) is 0.131. The molecule has 0 fully saturated rings. The number of aromatic nitrogens is 6. The minimum atomic E-state index is -0.258. The number of carbonyl (C=O) groups is 2. The molecule has 2 aromatic carbocycles. The van der Waals surface area contributed by atoms with Gasteiger partial charge in [-0.25, -0.2) is 0 Å². The Kier molecular flexibility index (Phi) is 9.75. The Hall–Kier alpha value is -4.94. The van der Waals surface area contributed by atoms with Crippen LogP contribution in [-0.2, 0) is 13.1 Å². The maximum Gasteiger partial charge on any atom is 0.273 e. The predicted octanol–water partition coefficient (Wildman–Crippen LogP) is 7.71. The van der Waals surface area contributed by atoms with Crippen molar-refractivity contribution < 1.29 is 9.59 Å². The number of carbonyl (C=O) groups excluding carboxylic acids is 2. The average molecular weight is 740 g/mol. The molecule has 0 saturated carbocycles. The molecule has 0 aliphatic carbocycles. The van der Waals surface area contributed by atoms with Crippen molar-refractivity contribution in [2.45, 2.75) is 25.9 Å². The molecule has 230 valence electrons. The number of nitrogens with zero attached hydrogens (tertiary/aromatic N) is 6. The molecule has 0 bridgehead atoms. The van der Waals surface area contributed by atoms with Crippen LogP contribution >= 0.6 is 31.9 Å². The van der Waals surface area contributed by atoms with E-state index in [0.717, 1.165) is 20.1 Å². The summed E-state index contributed by atoms with van der Waals surface area (Å²) in [6.07, 6.45) is 8.17. The topological polar surface area (TPSA) is 120 Å². The lowest BCUT2D eigenvalue weighted by Gasteiger charge is -2.10. The van der Waals surface area contributed by atoms with Crippen LogP contribution in [-0.4, -0.2) is 41.3 Å². The average Bonchev–Trinajstić information content (AvgIpc) is 3.69. The summed E-state index contributed by atoms with van der Waals surface area (Å²) in [4.78, 5) is 35.0. The normalized spacial score (nSPS) is 10.9. The molecule has 6 aromatic rings. The maximum absolute atomic E-state index is 13.4. The van der Waals surface area contributed by atoms with Crippen LogP contribution in [0.25, 0.3) is 22.5 Å². The summed E-state index contributed by atoms with van der Waals surface area (Å²) in [5.41, 5.74) is 5.34. The monoisotopic (exact) mass is 738 g/mol. The molecule has 2 N–H and O–H groups in total. The van der Waals surface area contributed by atoms with Gasteiger partial charge in [0, 0.05) is 69.3 Å². The molecule has 0 aliphatic heterocycles. The lowest BCUT2D eigenvalue weighted by Crippen LogP contribution is -2.19. The van der Waals surface area contributed by atoms with Crippen molar-refractivity contribution in [3.63, 3.8) is 0 Å². The highest BCUT2D eigenvalue weighted by Gasteiger charge is 2.19. The van der Waals surface area contributed by atoms with Crippen molar-refractivity contribution in [1.29, 1.82) is 0 Å². The maximum atomic E-state index is 13.4. The van der Waals surface area contributed by atoms with Crippen LogP contribution in [0.4, 0.5) is 11.4 Å². The third-order valence-electron chi connectivity index (χ3n) is 7.13. The van der Waals surface area contributed by atoms with E-state index in [2.05, 4.69) is 52.5 Å². The highest BCUT2D eigenvalue weighted by molar-refractivity contribution is 9.10. The van der Waals surface area contributed by atoms with E-state index >= 15 is 0 Å². The molecule has 0 atom stereocenters. The lowest BCUT2D eigenvalue weighted by molar-refractivity contribution is 0.100. The molecule has 0 spiro atoms. The Labute approximate surface area is 282 Å². The summed E-state index contributed by atoms with van der Waals surface area (Å²) < 4.78 is 5.20. The first-order valence-electron chi connectivity index (χ1n) is 14.5. The number of rotatable bonds is 11. The number of hydrogen-bond donors (Lipinski definition) is 2. The summed E-state index contributed by atoms with van der Waals surface area (Å²) in [5.74, 6) is -0.516. The van der Waals surface area contributed by atoms with Gasteiger partial charge in [-0.1, -0.05) is 44.0 Å². The minimum Gasteiger partial charge on any atom is -0.321 e. The molecular formula is C34H28Br2N8O2. The van der Waals surface area contributed by atoms with Gasteiger partial charge in [-0.05, 0) is 85.6 Å². The van der Waals surface area contributed by atoms with Crippen LogP contribution in [0.1, 0.15) is 33.8 Å². The van der Waals surface area contributed by atoms with Crippen molar-refractivity contribution in [2.24, 2.45) is 0 Å². The zero-order valence-electron chi connectivity index (χ0n) is 24.5. The standard InChI is InChI=1S/C34H28Br2N8O2/c35-25-5-3-7-27(19-25)39-33(45)31-21-29(23-9-13-37-14-10-23)41-43(31)17-1-2-18-44-32(22-30(42-44)24-11-15-38-16-12-24)34(46)40-28-8-4-6-26(36)20-28/h3-16,19-22H,1-2,17-18H2,(H,39,45)(H,40,46). The SMILES string of the molecule is O=C(Nc1cccc(Br)c1)c1cc(-c2ccncc2)nn1CCCCn1nc(-c2ccncc2)cc1C(=O)Nc1cccc(Br)c1. The van der Waals surface area contributed by atoms with E-state index in [9.17, 15) is 9.59 Å². The number of unbranched alkanes of at least 4 members (excludes halogenated alkanes) is 1. The van der Waals surface area contributed by atoms with Gasteiger partial charge in [0.25, 0.3) is 11.8 Å². The fourth-order valence-electron chi connectivity index (χ4n) is 4.91. The van der Waals surface area contributed by atoms with Crippen LogP contribution in [0.15, 0.2) is 119 Å². The number of aryl methyl sites for hydroxylation is 2. The van der Waals surface area contributed by atoms with Crippen molar-refractivity contribution in [1.82, 2.24) is 29.5 Å². The van der Waals surface area contributed by atoms with Crippen LogP contribution in [0.2, 0.25) is 0 Å². The first-order chi connectivity index (χ1) is 22.4. The number of hydrogen-bond acceptors (Lipinski definition) is 6. The molecule has 4 aromatic heterocycles. The zero-order valence-corrected chi connectivity index (χ0v) is 27.6. The van der Waals surface area contributed by atoms with E-state index in [0.29, 0.717) is 60.1 Å². The lowest BCUT2D eigenvalue weighted by atomic mass is 10.2. The molecular weight excluding hydrogens is 712 g/mol. The first kappa shape index (κ1) is 31.1. The molecule has 6 rings (SSSR count). The summed E-state index contributed by atoms with van der Waals surface area (Å²) in [5, 5.41) is 15.5. The number of amides is 2. The molecule has 12 heteroatoms.